The largest absolute Gasteiger partial charge is 0.285 e. The maximum absolute atomic E-state index is 3.95. The van der Waals surface area contributed by atoms with Gasteiger partial charge in [0.1, 0.15) is 0 Å². The lowest BCUT2D eigenvalue weighted by Crippen LogP contribution is -1.80. The first-order valence-electron chi connectivity index (χ1n) is 2.69. The van der Waals surface area contributed by atoms with Crippen LogP contribution in [0, 0.1) is 6.92 Å². The second kappa shape index (κ2) is 1.99. The smallest absolute Gasteiger partial charge is 0.0651 e. The van der Waals surface area contributed by atoms with Crippen molar-refractivity contribution < 1.29 is 0 Å². The summed E-state index contributed by atoms with van der Waals surface area (Å²) in [4.78, 5) is 0. The topological polar surface area (TPSA) is 28.7 Å². The standard InChI is InChI=1S/C6H9N2/c1-3-6-5(2)4-7-8-6/h4H,2-3H2,1H3,(H,7,8). The fraction of sp³-hybridized carbons (Fsp3) is 0.333. The number of hydrogen-bond acceptors (Lipinski definition) is 1. The molecule has 0 unspecified atom stereocenters. The van der Waals surface area contributed by atoms with E-state index in [0.717, 1.165) is 17.7 Å². The van der Waals surface area contributed by atoms with Gasteiger partial charge in [-0.1, -0.05) is 6.92 Å². The van der Waals surface area contributed by atoms with Crippen LogP contribution in [-0.2, 0) is 6.42 Å². The zero-order chi connectivity index (χ0) is 5.98. The van der Waals surface area contributed by atoms with E-state index in [1.807, 2.05) is 0 Å². The normalized spacial score (nSPS) is 9.75. The Hall–Kier alpha value is -0.790. The Morgan fingerprint density at radius 2 is 2.62 bits per heavy atom. The van der Waals surface area contributed by atoms with Crippen LogP contribution in [0.1, 0.15) is 18.2 Å². The fourth-order valence-electron chi connectivity index (χ4n) is 0.649. The summed E-state index contributed by atoms with van der Waals surface area (Å²) in [6, 6.07) is 0. The number of H-pyrrole nitrogens is 1. The number of rotatable bonds is 1. The van der Waals surface area contributed by atoms with Gasteiger partial charge < -0.3 is 0 Å². The molecule has 0 saturated carbocycles. The molecule has 1 aromatic heterocycles. The Balaban J connectivity index is 2.92. The summed E-state index contributed by atoms with van der Waals surface area (Å²) in [6.07, 6.45) is 2.77. The van der Waals surface area contributed by atoms with Gasteiger partial charge in [-0.15, -0.1) is 0 Å². The van der Waals surface area contributed by atoms with Gasteiger partial charge in [0.15, 0.2) is 0 Å². The molecule has 1 heterocycles. The number of aromatic nitrogens is 2. The molecule has 0 aliphatic heterocycles. The van der Waals surface area contributed by atoms with E-state index in [4.69, 9.17) is 0 Å². The molecule has 0 aliphatic rings. The molecule has 0 spiro atoms. The van der Waals surface area contributed by atoms with E-state index in [1.54, 1.807) is 6.20 Å². The minimum atomic E-state index is 0.961. The maximum atomic E-state index is 3.95. The van der Waals surface area contributed by atoms with Gasteiger partial charge in [-0.25, -0.2) is 0 Å². The molecule has 8 heavy (non-hydrogen) atoms. The van der Waals surface area contributed by atoms with Crippen molar-refractivity contribution in [2.75, 3.05) is 0 Å². The minimum Gasteiger partial charge on any atom is -0.285 e. The van der Waals surface area contributed by atoms with Crippen molar-refractivity contribution in [2.45, 2.75) is 13.3 Å². The summed E-state index contributed by atoms with van der Waals surface area (Å²) in [5.41, 5.74) is 2.07. The predicted octanol–water partition coefficient (Wildman–Crippen LogP) is 1.15. The first-order valence-corrected chi connectivity index (χ1v) is 2.69. The van der Waals surface area contributed by atoms with Gasteiger partial charge in [0.25, 0.3) is 0 Å². The molecule has 0 bridgehead atoms. The Bertz CT molecular complexity index is 167. The third-order valence-corrected chi connectivity index (χ3v) is 1.14. The third kappa shape index (κ3) is 0.735. The molecular weight excluding hydrogens is 100 g/mol. The number of hydrogen-bond donors (Lipinski definition) is 1. The molecule has 0 amide bonds. The molecular formula is C6H9N2. The summed E-state index contributed by atoms with van der Waals surface area (Å²) in [6.45, 7) is 5.82. The lowest BCUT2D eigenvalue weighted by Gasteiger charge is -1.84. The van der Waals surface area contributed by atoms with Crippen LogP contribution in [0.2, 0.25) is 0 Å². The molecule has 1 N–H and O–H groups in total. The Morgan fingerprint density at radius 1 is 1.88 bits per heavy atom. The van der Waals surface area contributed by atoms with Crippen LogP contribution >= 0.6 is 0 Å². The molecule has 0 aliphatic carbocycles. The zero-order valence-corrected chi connectivity index (χ0v) is 4.94. The molecule has 1 aromatic rings. The zero-order valence-electron chi connectivity index (χ0n) is 4.94. The molecule has 0 aromatic carbocycles. The van der Waals surface area contributed by atoms with Gasteiger partial charge in [-0.05, 0) is 18.9 Å². The van der Waals surface area contributed by atoms with Crippen LogP contribution < -0.4 is 0 Å². The van der Waals surface area contributed by atoms with E-state index in [9.17, 15) is 0 Å². The van der Waals surface area contributed by atoms with Crippen LogP contribution in [0.3, 0.4) is 0 Å². The fourth-order valence-corrected chi connectivity index (χ4v) is 0.649. The molecule has 0 fully saturated rings. The molecule has 0 saturated heterocycles. The van der Waals surface area contributed by atoms with Crippen LogP contribution in [0.5, 0.6) is 0 Å². The quantitative estimate of drug-likeness (QED) is 0.575. The van der Waals surface area contributed by atoms with Gasteiger partial charge in [-0.2, -0.15) is 5.10 Å². The van der Waals surface area contributed by atoms with E-state index in [1.165, 1.54) is 0 Å². The molecule has 43 valence electrons. The average Bonchev–Trinajstić information content (AvgIpc) is 2.14. The number of aromatic amines is 1. The lowest BCUT2D eigenvalue weighted by molar-refractivity contribution is 0.972. The van der Waals surface area contributed by atoms with E-state index in [0.29, 0.717) is 0 Å². The summed E-state index contributed by atoms with van der Waals surface area (Å²) >= 11 is 0. The van der Waals surface area contributed by atoms with Crippen LogP contribution in [0.25, 0.3) is 0 Å². The minimum absolute atomic E-state index is 0.961. The first kappa shape index (κ1) is 5.35. The summed E-state index contributed by atoms with van der Waals surface area (Å²) in [5.74, 6) is 0. The van der Waals surface area contributed by atoms with Gasteiger partial charge in [0.05, 0.1) is 5.69 Å². The maximum Gasteiger partial charge on any atom is 0.0651 e. The van der Waals surface area contributed by atoms with Crippen molar-refractivity contribution in [1.29, 1.82) is 0 Å². The van der Waals surface area contributed by atoms with Crippen molar-refractivity contribution >= 4 is 0 Å². The van der Waals surface area contributed by atoms with E-state index in [-0.39, 0.29) is 0 Å². The number of nitrogens with zero attached hydrogens (tertiary/aromatic N) is 1. The summed E-state index contributed by atoms with van der Waals surface area (Å²) < 4.78 is 0. The van der Waals surface area contributed by atoms with E-state index in [2.05, 4.69) is 24.0 Å². The predicted molar refractivity (Wildman–Crippen MR) is 32.4 cm³/mol. The van der Waals surface area contributed by atoms with Gasteiger partial charge >= 0.3 is 0 Å². The average molecular weight is 109 g/mol. The van der Waals surface area contributed by atoms with Gasteiger partial charge in [0, 0.05) is 6.20 Å². The molecule has 2 heteroatoms. The van der Waals surface area contributed by atoms with Gasteiger partial charge in [0.2, 0.25) is 0 Å². The number of aryl methyl sites for hydroxylation is 1. The Kier molecular flexibility index (Phi) is 1.33. The van der Waals surface area contributed by atoms with Crippen molar-refractivity contribution in [1.82, 2.24) is 10.2 Å². The third-order valence-electron chi connectivity index (χ3n) is 1.14. The lowest BCUT2D eigenvalue weighted by atomic mass is 10.2. The monoisotopic (exact) mass is 109 g/mol. The molecule has 2 nitrogen and oxygen atoms in total. The Morgan fingerprint density at radius 3 is 2.88 bits per heavy atom. The summed E-state index contributed by atoms with van der Waals surface area (Å²) in [5, 5.41) is 6.68. The highest BCUT2D eigenvalue weighted by molar-refractivity contribution is 5.18. The highest BCUT2D eigenvalue weighted by Gasteiger charge is 1.93. The van der Waals surface area contributed by atoms with Crippen molar-refractivity contribution in [2.24, 2.45) is 0 Å². The van der Waals surface area contributed by atoms with Crippen molar-refractivity contribution in [3.8, 4) is 0 Å². The van der Waals surface area contributed by atoms with Crippen LogP contribution in [-0.4, -0.2) is 10.2 Å². The molecule has 1 radical (unpaired) electrons. The van der Waals surface area contributed by atoms with E-state index < -0.39 is 0 Å². The highest BCUT2D eigenvalue weighted by atomic mass is 15.1. The van der Waals surface area contributed by atoms with Crippen molar-refractivity contribution in [3.63, 3.8) is 0 Å². The van der Waals surface area contributed by atoms with E-state index >= 15 is 0 Å². The summed E-state index contributed by atoms with van der Waals surface area (Å²) in [7, 11) is 0. The SMILES string of the molecule is [CH2]c1c[nH]nc1CC. The van der Waals surface area contributed by atoms with Crippen LogP contribution in [0.15, 0.2) is 6.20 Å². The molecule has 0 atom stereocenters. The van der Waals surface area contributed by atoms with Crippen LogP contribution in [0.4, 0.5) is 0 Å². The van der Waals surface area contributed by atoms with Gasteiger partial charge in [-0.3, -0.25) is 5.10 Å². The highest BCUT2D eigenvalue weighted by Crippen LogP contribution is 2.00. The first-order chi connectivity index (χ1) is 3.84. The number of nitrogens with one attached hydrogen (secondary N) is 1. The molecule has 1 rings (SSSR count). The Labute approximate surface area is 48.9 Å². The second-order valence-corrected chi connectivity index (χ2v) is 1.71. The van der Waals surface area contributed by atoms with Crippen molar-refractivity contribution in [3.05, 3.63) is 24.4 Å². The second-order valence-electron chi connectivity index (χ2n) is 1.71.